The summed E-state index contributed by atoms with van der Waals surface area (Å²) in [6.45, 7) is 8.51. The molecular formula is C26H31FN6O. The number of hydrogen-bond acceptors (Lipinski definition) is 7. The van der Waals surface area contributed by atoms with Gasteiger partial charge in [0.25, 0.3) is 0 Å². The fourth-order valence-electron chi connectivity index (χ4n) is 4.90. The van der Waals surface area contributed by atoms with E-state index in [4.69, 9.17) is 9.97 Å². The summed E-state index contributed by atoms with van der Waals surface area (Å²) in [6.07, 6.45) is 4.03. The van der Waals surface area contributed by atoms with Crippen LogP contribution in [0.15, 0.2) is 42.6 Å². The number of aliphatic hydroxyl groups excluding tert-OH is 1. The summed E-state index contributed by atoms with van der Waals surface area (Å²) in [5.74, 6) is 2.38. The molecule has 2 fully saturated rings. The predicted octanol–water partition coefficient (Wildman–Crippen LogP) is 3.79. The van der Waals surface area contributed by atoms with E-state index in [0.29, 0.717) is 6.04 Å². The fourth-order valence-corrected chi connectivity index (χ4v) is 4.90. The van der Waals surface area contributed by atoms with Gasteiger partial charge in [-0.1, -0.05) is 0 Å². The van der Waals surface area contributed by atoms with Crippen molar-refractivity contribution >= 4 is 17.6 Å². The summed E-state index contributed by atoms with van der Waals surface area (Å²) in [4.78, 5) is 21.3. The van der Waals surface area contributed by atoms with Crippen LogP contribution in [0, 0.1) is 12.7 Å². The van der Waals surface area contributed by atoms with Gasteiger partial charge in [0.05, 0.1) is 12.3 Å². The first-order valence-electron chi connectivity index (χ1n) is 12.0. The zero-order chi connectivity index (χ0) is 23.7. The number of aliphatic hydroxyl groups is 1. The molecule has 0 bridgehead atoms. The van der Waals surface area contributed by atoms with Crippen LogP contribution in [0.4, 0.5) is 22.0 Å². The molecule has 8 heteroatoms. The van der Waals surface area contributed by atoms with Crippen molar-refractivity contribution in [2.24, 2.45) is 0 Å². The predicted molar refractivity (Wildman–Crippen MR) is 133 cm³/mol. The molecule has 0 aliphatic carbocycles. The molecule has 1 aromatic carbocycles. The van der Waals surface area contributed by atoms with E-state index < -0.39 is 0 Å². The molecule has 2 aliphatic heterocycles. The Morgan fingerprint density at radius 2 is 1.74 bits per heavy atom. The highest BCUT2D eigenvalue weighted by atomic mass is 19.1. The van der Waals surface area contributed by atoms with Gasteiger partial charge in [0, 0.05) is 56.6 Å². The van der Waals surface area contributed by atoms with Crippen molar-refractivity contribution in [1.82, 2.24) is 15.0 Å². The van der Waals surface area contributed by atoms with Gasteiger partial charge in [-0.05, 0) is 68.1 Å². The van der Waals surface area contributed by atoms with Crippen LogP contribution in [-0.2, 0) is 6.61 Å². The molecule has 0 spiro atoms. The minimum atomic E-state index is -0.251. The highest BCUT2D eigenvalue weighted by molar-refractivity contribution is 5.65. The summed E-state index contributed by atoms with van der Waals surface area (Å²) in [5, 5.41) is 9.37. The van der Waals surface area contributed by atoms with Crippen LogP contribution in [0.5, 0.6) is 0 Å². The van der Waals surface area contributed by atoms with Gasteiger partial charge in [-0.2, -0.15) is 4.98 Å². The maximum Gasteiger partial charge on any atom is 0.228 e. The molecule has 1 atom stereocenters. The molecule has 34 heavy (non-hydrogen) atoms. The Hall–Kier alpha value is -3.26. The Morgan fingerprint density at radius 1 is 1.00 bits per heavy atom. The zero-order valence-electron chi connectivity index (χ0n) is 19.8. The van der Waals surface area contributed by atoms with E-state index in [0.717, 1.165) is 85.5 Å². The largest absolute Gasteiger partial charge is 0.392 e. The third-order valence-electron chi connectivity index (χ3n) is 6.84. The number of benzene rings is 1. The lowest BCUT2D eigenvalue weighted by molar-refractivity contribution is 0.281. The molecule has 7 nitrogen and oxygen atoms in total. The van der Waals surface area contributed by atoms with Crippen molar-refractivity contribution < 1.29 is 9.50 Å². The summed E-state index contributed by atoms with van der Waals surface area (Å²) < 4.78 is 13.5. The van der Waals surface area contributed by atoms with Gasteiger partial charge in [0.15, 0.2) is 0 Å². The fraction of sp³-hybridized carbons (Fsp3) is 0.423. The summed E-state index contributed by atoms with van der Waals surface area (Å²) in [7, 11) is 0. The molecule has 4 heterocycles. The van der Waals surface area contributed by atoms with Crippen LogP contribution in [0.1, 0.15) is 30.9 Å². The minimum absolute atomic E-state index is 0.00394. The standard InChI is InChI=1S/C26H31FN6O/c1-18-14-20(17-34)16-28-25(18)32-12-10-31(11-13-32)24-15-23(21-5-7-22(27)8-6-21)29-26(30-24)33-9-3-4-19(33)2/h5-8,14-16,19,34H,3-4,9-13,17H2,1-2H3. The first-order chi connectivity index (χ1) is 16.5. The highest BCUT2D eigenvalue weighted by Crippen LogP contribution is 2.30. The average molecular weight is 463 g/mol. The van der Waals surface area contributed by atoms with E-state index in [1.165, 1.54) is 12.1 Å². The van der Waals surface area contributed by atoms with Crippen LogP contribution in [-0.4, -0.2) is 58.8 Å². The Labute approximate surface area is 199 Å². The maximum absolute atomic E-state index is 13.5. The van der Waals surface area contributed by atoms with Gasteiger partial charge in [0.2, 0.25) is 5.95 Å². The average Bonchev–Trinajstić information content (AvgIpc) is 3.30. The van der Waals surface area contributed by atoms with Crippen molar-refractivity contribution in [3.63, 3.8) is 0 Å². The van der Waals surface area contributed by atoms with Crippen LogP contribution in [0.2, 0.25) is 0 Å². The van der Waals surface area contributed by atoms with Crippen molar-refractivity contribution in [3.05, 3.63) is 59.5 Å². The van der Waals surface area contributed by atoms with Gasteiger partial charge < -0.3 is 19.8 Å². The molecule has 178 valence electrons. The molecule has 0 radical (unpaired) electrons. The first kappa shape index (κ1) is 22.5. The molecule has 1 N–H and O–H groups in total. The van der Waals surface area contributed by atoms with Crippen LogP contribution in [0.25, 0.3) is 11.3 Å². The number of pyridine rings is 1. The summed E-state index contributed by atoms with van der Waals surface area (Å²) >= 11 is 0. The third kappa shape index (κ3) is 4.55. The van der Waals surface area contributed by atoms with Crippen LogP contribution in [0.3, 0.4) is 0 Å². The third-order valence-corrected chi connectivity index (χ3v) is 6.84. The van der Waals surface area contributed by atoms with Gasteiger partial charge >= 0.3 is 0 Å². The van der Waals surface area contributed by atoms with E-state index in [2.05, 4.69) is 26.6 Å². The number of halogens is 1. The zero-order valence-corrected chi connectivity index (χ0v) is 19.8. The Morgan fingerprint density at radius 3 is 2.38 bits per heavy atom. The van der Waals surface area contributed by atoms with Crippen molar-refractivity contribution in [1.29, 1.82) is 0 Å². The van der Waals surface area contributed by atoms with Crippen LogP contribution < -0.4 is 14.7 Å². The number of aromatic nitrogens is 3. The van der Waals surface area contributed by atoms with E-state index in [-0.39, 0.29) is 12.4 Å². The molecular weight excluding hydrogens is 431 g/mol. The van der Waals surface area contributed by atoms with Crippen molar-refractivity contribution in [3.8, 4) is 11.3 Å². The van der Waals surface area contributed by atoms with E-state index >= 15 is 0 Å². The molecule has 5 rings (SSSR count). The second kappa shape index (κ2) is 9.54. The van der Waals surface area contributed by atoms with Crippen LogP contribution >= 0.6 is 0 Å². The lowest BCUT2D eigenvalue weighted by atomic mass is 10.1. The normalized spacial score (nSPS) is 18.6. The van der Waals surface area contributed by atoms with E-state index in [9.17, 15) is 9.50 Å². The number of nitrogens with zero attached hydrogens (tertiary/aromatic N) is 6. The second-order valence-corrected chi connectivity index (χ2v) is 9.22. The number of hydrogen-bond donors (Lipinski definition) is 1. The van der Waals surface area contributed by atoms with Gasteiger partial charge in [0.1, 0.15) is 17.5 Å². The Balaban J connectivity index is 1.40. The number of piperazine rings is 1. The smallest absolute Gasteiger partial charge is 0.228 e. The number of rotatable bonds is 5. The second-order valence-electron chi connectivity index (χ2n) is 9.22. The lowest BCUT2D eigenvalue weighted by Crippen LogP contribution is -2.47. The number of aryl methyl sites for hydroxylation is 1. The lowest BCUT2D eigenvalue weighted by Gasteiger charge is -2.37. The summed E-state index contributed by atoms with van der Waals surface area (Å²) in [6, 6.07) is 10.9. The van der Waals surface area contributed by atoms with Crippen molar-refractivity contribution in [2.75, 3.05) is 47.4 Å². The molecule has 2 aromatic heterocycles. The number of anilines is 3. The molecule has 3 aromatic rings. The van der Waals surface area contributed by atoms with Gasteiger partial charge in [-0.15, -0.1) is 0 Å². The highest BCUT2D eigenvalue weighted by Gasteiger charge is 2.26. The van der Waals surface area contributed by atoms with Gasteiger partial charge in [-0.25, -0.2) is 14.4 Å². The molecule has 1 unspecified atom stereocenters. The SMILES string of the molecule is Cc1cc(CO)cnc1N1CCN(c2cc(-c3ccc(F)cc3)nc(N3CCCC3C)n2)CC1. The van der Waals surface area contributed by atoms with E-state index in [1.807, 2.05) is 19.1 Å². The summed E-state index contributed by atoms with van der Waals surface area (Å²) in [5.41, 5.74) is 3.61. The Bertz CT molecular complexity index is 1150. The van der Waals surface area contributed by atoms with Crippen molar-refractivity contribution in [2.45, 2.75) is 39.3 Å². The molecule has 0 amide bonds. The van der Waals surface area contributed by atoms with Gasteiger partial charge in [-0.3, -0.25) is 0 Å². The molecule has 2 aliphatic rings. The Kier molecular flexibility index (Phi) is 6.32. The quantitative estimate of drug-likeness (QED) is 0.619. The molecule has 0 saturated carbocycles. The topological polar surface area (TPSA) is 68.6 Å². The maximum atomic E-state index is 13.5. The first-order valence-corrected chi connectivity index (χ1v) is 12.0. The monoisotopic (exact) mass is 462 g/mol. The molecule has 2 saturated heterocycles. The van der Waals surface area contributed by atoms with E-state index in [1.54, 1.807) is 18.3 Å². The minimum Gasteiger partial charge on any atom is -0.392 e.